The number of benzene rings is 1. The third kappa shape index (κ3) is 1.88. The van der Waals surface area contributed by atoms with E-state index in [-0.39, 0.29) is 5.41 Å². The average molecular weight is 255 g/mol. The van der Waals surface area contributed by atoms with Gasteiger partial charge in [0.15, 0.2) is 0 Å². The molecule has 100 valence electrons. The Hall–Kier alpha value is -1.64. The standard InChI is InChI=1S/C16H21N3/c1-13(2)16(14-7-4-3-5-8-14)10-6-9-15(16)19-12-17-11-18-19/h3-5,7-8,11-13,15H,6,9-10H2,1-2H3. The highest BCUT2D eigenvalue weighted by atomic mass is 15.3. The molecule has 2 aromatic rings. The third-order valence-corrected chi connectivity index (χ3v) is 4.76. The summed E-state index contributed by atoms with van der Waals surface area (Å²) in [5.74, 6) is 0.589. The van der Waals surface area contributed by atoms with Crippen LogP contribution >= 0.6 is 0 Å². The number of nitrogens with zero attached hydrogens (tertiary/aromatic N) is 3. The van der Waals surface area contributed by atoms with Gasteiger partial charge in [-0.1, -0.05) is 50.6 Å². The summed E-state index contributed by atoms with van der Waals surface area (Å²) in [7, 11) is 0. The molecule has 0 amide bonds. The fourth-order valence-electron chi connectivity index (χ4n) is 3.85. The van der Waals surface area contributed by atoms with Crippen LogP contribution < -0.4 is 0 Å². The molecule has 3 heteroatoms. The first kappa shape index (κ1) is 12.4. The minimum Gasteiger partial charge on any atom is -0.249 e. The van der Waals surface area contributed by atoms with E-state index >= 15 is 0 Å². The smallest absolute Gasteiger partial charge is 0.137 e. The normalized spacial score (nSPS) is 27.0. The quantitative estimate of drug-likeness (QED) is 0.839. The third-order valence-electron chi connectivity index (χ3n) is 4.76. The van der Waals surface area contributed by atoms with Crippen molar-refractivity contribution in [3.05, 3.63) is 48.5 Å². The van der Waals surface area contributed by atoms with Crippen molar-refractivity contribution in [1.29, 1.82) is 0 Å². The summed E-state index contributed by atoms with van der Waals surface area (Å²) in [5, 5.41) is 4.41. The van der Waals surface area contributed by atoms with E-state index in [2.05, 4.69) is 58.9 Å². The van der Waals surface area contributed by atoms with Crippen molar-refractivity contribution in [3.8, 4) is 0 Å². The fourth-order valence-corrected chi connectivity index (χ4v) is 3.85. The molecule has 19 heavy (non-hydrogen) atoms. The van der Waals surface area contributed by atoms with Crippen molar-refractivity contribution >= 4 is 0 Å². The summed E-state index contributed by atoms with van der Waals surface area (Å²) >= 11 is 0. The molecule has 1 aromatic carbocycles. The van der Waals surface area contributed by atoms with Gasteiger partial charge in [0, 0.05) is 5.41 Å². The van der Waals surface area contributed by atoms with Gasteiger partial charge in [0.05, 0.1) is 6.04 Å². The SMILES string of the molecule is CC(C)C1(c2ccccc2)CCCC1n1cncn1. The molecular weight excluding hydrogens is 234 g/mol. The maximum Gasteiger partial charge on any atom is 0.137 e. The molecule has 3 nitrogen and oxygen atoms in total. The zero-order valence-corrected chi connectivity index (χ0v) is 11.7. The monoisotopic (exact) mass is 255 g/mol. The predicted molar refractivity (Wildman–Crippen MR) is 75.9 cm³/mol. The van der Waals surface area contributed by atoms with Gasteiger partial charge in [-0.05, 0) is 24.3 Å². The summed E-state index contributed by atoms with van der Waals surface area (Å²) in [6.07, 6.45) is 7.21. The molecule has 1 aliphatic carbocycles. The van der Waals surface area contributed by atoms with Crippen LogP contribution in [-0.4, -0.2) is 14.8 Å². The molecule has 1 aromatic heterocycles. The molecule has 1 aliphatic rings. The molecule has 0 N–H and O–H groups in total. The molecule has 0 radical (unpaired) electrons. The first-order chi connectivity index (χ1) is 9.25. The highest BCUT2D eigenvalue weighted by Crippen LogP contribution is 2.52. The molecule has 1 saturated carbocycles. The van der Waals surface area contributed by atoms with Gasteiger partial charge in [-0.2, -0.15) is 5.10 Å². The molecule has 0 spiro atoms. The zero-order chi connectivity index (χ0) is 13.3. The molecule has 1 heterocycles. The average Bonchev–Trinajstić information content (AvgIpc) is 3.09. The highest BCUT2D eigenvalue weighted by Gasteiger charge is 2.47. The van der Waals surface area contributed by atoms with Gasteiger partial charge >= 0.3 is 0 Å². The van der Waals surface area contributed by atoms with E-state index < -0.39 is 0 Å². The van der Waals surface area contributed by atoms with E-state index in [1.165, 1.54) is 24.8 Å². The van der Waals surface area contributed by atoms with Crippen molar-refractivity contribution in [2.75, 3.05) is 0 Å². The van der Waals surface area contributed by atoms with Crippen molar-refractivity contribution in [3.63, 3.8) is 0 Å². The lowest BCUT2D eigenvalue weighted by Gasteiger charge is -2.40. The Balaban J connectivity index is 2.10. The summed E-state index contributed by atoms with van der Waals surface area (Å²) in [6.45, 7) is 4.67. The Labute approximate surface area is 114 Å². The predicted octanol–water partition coefficient (Wildman–Crippen LogP) is 3.60. The largest absolute Gasteiger partial charge is 0.249 e. The number of hydrogen-bond donors (Lipinski definition) is 0. The first-order valence-electron chi connectivity index (χ1n) is 7.15. The van der Waals surface area contributed by atoms with E-state index in [0.717, 1.165) is 0 Å². The van der Waals surface area contributed by atoms with Crippen LogP contribution in [0.2, 0.25) is 0 Å². The van der Waals surface area contributed by atoms with Crippen molar-refractivity contribution in [2.45, 2.75) is 44.6 Å². The Bertz CT molecular complexity index is 518. The van der Waals surface area contributed by atoms with E-state index in [1.54, 1.807) is 6.33 Å². The van der Waals surface area contributed by atoms with Crippen LogP contribution in [0.3, 0.4) is 0 Å². The molecular formula is C16H21N3. The molecule has 0 saturated heterocycles. The van der Waals surface area contributed by atoms with E-state index in [1.807, 2.05) is 6.33 Å². The highest BCUT2D eigenvalue weighted by molar-refractivity contribution is 5.29. The number of hydrogen-bond acceptors (Lipinski definition) is 2. The number of aromatic nitrogens is 3. The summed E-state index contributed by atoms with van der Waals surface area (Å²) in [6, 6.07) is 11.4. The van der Waals surface area contributed by atoms with Crippen LogP contribution in [0.15, 0.2) is 43.0 Å². The van der Waals surface area contributed by atoms with Gasteiger partial charge in [-0.25, -0.2) is 9.67 Å². The second-order valence-corrected chi connectivity index (χ2v) is 5.84. The number of rotatable bonds is 3. The topological polar surface area (TPSA) is 30.7 Å². The Morgan fingerprint density at radius 1 is 1.26 bits per heavy atom. The maximum absolute atomic E-state index is 4.41. The lowest BCUT2D eigenvalue weighted by molar-refractivity contribution is 0.215. The first-order valence-corrected chi connectivity index (χ1v) is 7.15. The fraction of sp³-hybridized carbons (Fsp3) is 0.500. The van der Waals surface area contributed by atoms with Crippen LogP contribution in [0.25, 0.3) is 0 Å². The van der Waals surface area contributed by atoms with E-state index in [4.69, 9.17) is 0 Å². The Morgan fingerprint density at radius 2 is 2.05 bits per heavy atom. The second kappa shape index (κ2) is 4.80. The molecule has 0 bridgehead atoms. The molecule has 2 unspecified atom stereocenters. The second-order valence-electron chi connectivity index (χ2n) is 5.84. The Kier molecular flexibility index (Phi) is 3.13. The van der Waals surface area contributed by atoms with Crippen LogP contribution in [0.1, 0.15) is 44.7 Å². The summed E-state index contributed by atoms with van der Waals surface area (Å²) in [4.78, 5) is 4.14. The van der Waals surface area contributed by atoms with E-state index in [0.29, 0.717) is 12.0 Å². The van der Waals surface area contributed by atoms with Crippen LogP contribution in [0.4, 0.5) is 0 Å². The van der Waals surface area contributed by atoms with Crippen molar-refractivity contribution in [1.82, 2.24) is 14.8 Å². The van der Waals surface area contributed by atoms with Crippen LogP contribution in [-0.2, 0) is 5.41 Å². The van der Waals surface area contributed by atoms with Gasteiger partial charge in [-0.3, -0.25) is 0 Å². The van der Waals surface area contributed by atoms with Crippen molar-refractivity contribution in [2.24, 2.45) is 5.92 Å². The van der Waals surface area contributed by atoms with E-state index in [9.17, 15) is 0 Å². The van der Waals surface area contributed by atoms with Gasteiger partial charge in [0.2, 0.25) is 0 Å². The van der Waals surface area contributed by atoms with Crippen LogP contribution in [0, 0.1) is 5.92 Å². The van der Waals surface area contributed by atoms with Crippen molar-refractivity contribution < 1.29 is 0 Å². The minimum atomic E-state index is 0.189. The Morgan fingerprint density at radius 3 is 2.68 bits per heavy atom. The molecule has 1 fully saturated rings. The maximum atomic E-state index is 4.41. The molecule has 3 rings (SSSR count). The zero-order valence-electron chi connectivity index (χ0n) is 11.7. The van der Waals surface area contributed by atoms with Gasteiger partial charge in [0.1, 0.15) is 12.7 Å². The van der Waals surface area contributed by atoms with Gasteiger partial charge < -0.3 is 0 Å². The minimum absolute atomic E-state index is 0.189. The molecule has 0 aliphatic heterocycles. The summed E-state index contributed by atoms with van der Waals surface area (Å²) < 4.78 is 2.07. The van der Waals surface area contributed by atoms with Gasteiger partial charge in [0.25, 0.3) is 0 Å². The van der Waals surface area contributed by atoms with Crippen LogP contribution in [0.5, 0.6) is 0 Å². The summed E-state index contributed by atoms with van der Waals surface area (Å²) in [5.41, 5.74) is 1.64. The molecule has 2 atom stereocenters. The van der Waals surface area contributed by atoms with Gasteiger partial charge in [-0.15, -0.1) is 0 Å². The lowest BCUT2D eigenvalue weighted by atomic mass is 9.68. The lowest BCUT2D eigenvalue weighted by Crippen LogP contribution is -2.38.